The topological polar surface area (TPSA) is 49.4 Å². The highest BCUT2D eigenvalue weighted by Gasteiger charge is 2.31. The van der Waals surface area contributed by atoms with Crippen molar-refractivity contribution in [2.24, 2.45) is 0 Å². The zero-order valence-corrected chi connectivity index (χ0v) is 19.0. The van der Waals surface area contributed by atoms with Gasteiger partial charge in [-0.1, -0.05) is 54.4 Å². The number of aryl methyl sites for hydroxylation is 1. The summed E-state index contributed by atoms with van der Waals surface area (Å²) < 4.78 is 14.3. The first-order chi connectivity index (χ1) is 14.0. The van der Waals surface area contributed by atoms with E-state index in [9.17, 15) is 14.0 Å². The molecule has 30 heavy (non-hydrogen) atoms. The average Bonchev–Trinajstić information content (AvgIpc) is 2.63. The number of nitrogens with one attached hydrogen (secondary N) is 1. The molecular formula is C24H30ClFN2O2. The Balaban J connectivity index is 2.38. The van der Waals surface area contributed by atoms with Crippen molar-refractivity contribution >= 4 is 23.4 Å². The molecule has 162 valence electrons. The smallest absolute Gasteiger partial charge is 0.243 e. The van der Waals surface area contributed by atoms with Gasteiger partial charge in [0.1, 0.15) is 11.9 Å². The van der Waals surface area contributed by atoms with Crippen LogP contribution in [-0.4, -0.2) is 28.3 Å². The molecule has 2 amide bonds. The van der Waals surface area contributed by atoms with E-state index in [-0.39, 0.29) is 35.4 Å². The van der Waals surface area contributed by atoms with Gasteiger partial charge in [-0.05, 0) is 51.8 Å². The Labute approximate surface area is 183 Å². The molecule has 0 fully saturated rings. The quantitative estimate of drug-likeness (QED) is 0.665. The van der Waals surface area contributed by atoms with E-state index in [1.54, 1.807) is 6.07 Å². The Morgan fingerprint density at radius 1 is 1.17 bits per heavy atom. The number of carbonyl (C=O) groups excluding carboxylic acids is 2. The van der Waals surface area contributed by atoms with E-state index in [1.165, 1.54) is 17.0 Å². The molecule has 6 heteroatoms. The Kier molecular flexibility index (Phi) is 8.02. The summed E-state index contributed by atoms with van der Waals surface area (Å²) in [7, 11) is 0. The Morgan fingerprint density at radius 2 is 1.83 bits per heavy atom. The minimum absolute atomic E-state index is 0.143. The molecule has 2 aromatic rings. The van der Waals surface area contributed by atoms with Crippen LogP contribution < -0.4 is 5.32 Å². The van der Waals surface area contributed by atoms with Crippen LogP contribution in [0.15, 0.2) is 42.5 Å². The number of rotatable bonds is 7. The van der Waals surface area contributed by atoms with Crippen molar-refractivity contribution < 1.29 is 14.0 Å². The number of hydrogen-bond acceptors (Lipinski definition) is 2. The summed E-state index contributed by atoms with van der Waals surface area (Å²) in [5.41, 5.74) is 1.68. The standard InChI is InChI=1S/C24H30ClFN2O2/c1-6-21(23(30)27-24(3,4)5)28(15-17-10-7-9-16(2)13-17)22(29)14-18-19(25)11-8-12-20(18)26/h7-13,21H,6,14-15H2,1-5H3,(H,27,30)/t21-/m0/s1. The first kappa shape index (κ1) is 23.9. The monoisotopic (exact) mass is 432 g/mol. The summed E-state index contributed by atoms with van der Waals surface area (Å²) in [6.07, 6.45) is 0.223. The van der Waals surface area contributed by atoms with E-state index in [1.807, 2.05) is 58.9 Å². The van der Waals surface area contributed by atoms with Gasteiger partial charge in [0.2, 0.25) is 11.8 Å². The fourth-order valence-corrected chi connectivity index (χ4v) is 3.56. The predicted octanol–water partition coefficient (Wildman–Crippen LogP) is 5.05. The molecule has 0 heterocycles. The molecule has 4 nitrogen and oxygen atoms in total. The van der Waals surface area contributed by atoms with Crippen LogP contribution in [0.25, 0.3) is 0 Å². The molecule has 0 saturated heterocycles. The average molecular weight is 433 g/mol. The third-order valence-electron chi connectivity index (χ3n) is 4.71. The van der Waals surface area contributed by atoms with Gasteiger partial charge < -0.3 is 10.2 Å². The van der Waals surface area contributed by atoms with Gasteiger partial charge in [-0.2, -0.15) is 0 Å². The number of hydrogen-bond donors (Lipinski definition) is 1. The Hall–Kier alpha value is -2.40. The van der Waals surface area contributed by atoms with Gasteiger partial charge in [0.25, 0.3) is 0 Å². The number of nitrogens with zero attached hydrogens (tertiary/aromatic N) is 1. The minimum atomic E-state index is -0.678. The second-order valence-corrected chi connectivity index (χ2v) is 8.96. The molecule has 1 atom stereocenters. The van der Waals surface area contributed by atoms with Gasteiger partial charge in [0.15, 0.2) is 0 Å². The van der Waals surface area contributed by atoms with E-state index >= 15 is 0 Å². The second-order valence-electron chi connectivity index (χ2n) is 8.55. The van der Waals surface area contributed by atoms with Crippen LogP contribution in [0.3, 0.4) is 0 Å². The summed E-state index contributed by atoms with van der Waals surface area (Å²) in [4.78, 5) is 27.8. The van der Waals surface area contributed by atoms with Crippen molar-refractivity contribution in [3.63, 3.8) is 0 Å². The molecule has 0 unspecified atom stereocenters. The summed E-state index contributed by atoms with van der Waals surface area (Å²) in [5.74, 6) is -1.11. The number of benzene rings is 2. The van der Waals surface area contributed by atoms with Crippen molar-refractivity contribution in [2.75, 3.05) is 0 Å². The fraction of sp³-hybridized carbons (Fsp3) is 0.417. The molecule has 0 aliphatic heterocycles. The van der Waals surface area contributed by atoms with E-state index in [2.05, 4.69) is 5.32 Å². The summed E-state index contributed by atoms with van der Waals surface area (Å²) in [5, 5.41) is 3.16. The second kappa shape index (κ2) is 10.1. The molecule has 1 N–H and O–H groups in total. The van der Waals surface area contributed by atoms with Crippen LogP contribution in [-0.2, 0) is 22.6 Å². The highest BCUT2D eigenvalue weighted by atomic mass is 35.5. The van der Waals surface area contributed by atoms with Crippen LogP contribution in [0.5, 0.6) is 0 Å². The predicted molar refractivity (Wildman–Crippen MR) is 119 cm³/mol. The minimum Gasteiger partial charge on any atom is -0.350 e. The van der Waals surface area contributed by atoms with Crippen LogP contribution in [0.4, 0.5) is 4.39 Å². The van der Waals surface area contributed by atoms with Crippen molar-refractivity contribution in [3.05, 3.63) is 70.0 Å². The lowest BCUT2D eigenvalue weighted by Crippen LogP contribution is -2.53. The Morgan fingerprint density at radius 3 is 2.40 bits per heavy atom. The van der Waals surface area contributed by atoms with Crippen molar-refractivity contribution in [3.8, 4) is 0 Å². The SMILES string of the molecule is CC[C@@H](C(=O)NC(C)(C)C)N(Cc1cccc(C)c1)C(=O)Cc1c(F)cccc1Cl. The van der Waals surface area contributed by atoms with Crippen molar-refractivity contribution in [1.29, 1.82) is 0 Å². The zero-order valence-electron chi connectivity index (χ0n) is 18.3. The number of amides is 2. The molecule has 2 rings (SSSR count). The largest absolute Gasteiger partial charge is 0.350 e. The van der Waals surface area contributed by atoms with Crippen molar-refractivity contribution in [2.45, 2.75) is 65.6 Å². The molecule has 0 radical (unpaired) electrons. The van der Waals surface area contributed by atoms with Gasteiger partial charge >= 0.3 is 0 Å². The van der Waals surface area contributed by atoms with Gasteiger partial charge in [0, 0.05) is 22.7 Å². The molecular weight excluding hydrogens is 403 g/mol. The van der Waals surface area contributed by atoms with E-state index < -0.39 is 17.4 Å². The maximum atomic E-state index is 14.3. The number of carbonyl (C=O) groups is 2. The maximum Gasteiger partial charge on any atom is 0.243 e. The lowest BCUT2D eigenvalue weighted by Gasteiger charge is -2.33. The normalized spacial score (nSPS) is 12.4. The first-order valence-corrected chi connectivity index (χ1v) is 10.5. The van der Waals surface area contributed by atoms with E-state index in [0.29, 0.717) is 6.42 Å². The maximum absolute atomic E-state index is 14.3. The molecule has 0 spiro atoms. The summed E-state index contributed by atoms with van der Waals surface area (Å²) >= 11 is 6.13. The fourth-order valence-electron chi connectivity index (χ4n) is 3.33. The van der Waals surface area contributed by atoms with E-state index in [0.717, 1.165) is 11.1 Å². The third-order valence-corrected chi connectivity index (χ3v) is 5.06. The lowest BCUT2D eigenvalue weighted by molar-refractivity contribution is -0.141. The molecule has 2 aromatic carbocycles. The van der Waals surface area contributed by atoms with Crippen LogP contribution in [0.2, 0.25) is 5.02 Å². The Bertz CT molecular complexity index is 888. The third kappa shape index (κ3) is 6.56. The molecule has 0 aliphatic rings. The summed E-state index contributed by atoms with van der Waals surface area (Å²) in [6.45, 7) is 9.76. The summed E-state index contributed by atoms with van der Waals surface area (Å²) in [6, 6.07) is 11.4. The molecule has 0 bridgehead atoms. The molecule has 0 saturated carbocycles. The zero-order chi connectivity index (χ0) is 22.5. The number of halogens is 2. The highest BCUT2D eigenvalue weighted by Crippen LogP contribution is 2.22. The van der Waals surface area contributed by atoms with Crippen LogP contribution in [0, 0.1) is 12.7 Å². The lowest BCUT2D eigenvalue weighted by atomic mass is 10.0. The highest BCUT2D eigenvalue weighted by molar-refractivity contribution is 6.31. The van der Waals surface area contributed by atoms with Crippen LogP contribution in [0.1, 0.15) is 50.8 Å². The van der Waals surface area contributed by atoms with Gasteiger partial charge in [-0.25, -0.2) is 4.39 Å². The van der Waals surface area contributed by atoms with Gasteiger partial charge in [0.05, 0.1) is 6.42 Å². The van der Waals surface area contributed by atoms with E-state index in [4.69, 9.17) is 11.6 Å². The first-order valence-electron chi connectivity index (χ1n) is 10.1. The van der Waals surface area contributed by atoms with Gasteiger partial charge in [-0.15, -0.1) is 0 Å². The van der Waals surface area contributed by atoms with Gasteiger partial charge in [-0.3, -0.25) is 9.59 Å². The molecule has 0 aliphatic carbocycles. The van der Waals surface area contributed by atoms with Crippen molar-refractivity contribution in [1.82, 2.24) is 10.2 Å². The molecule has 0 aromatic heterocycles. The van der Waals surface area contributed by atoms with Crippen LogP contribution >= 0.6 is 11.6 Å².